The number of rotatable bonds is 7. The molecule has 3 aromatic rings. The van der Waals surface area contributed by atoms with Gasteiger partial charge in [-0.25, -0.2) is 0 Å². The molecular weight excluding hydrogens is 388 g/mol. The van der Waals surface area contributed by atoms with Crippen molar-refractivity contribution in [2.45, 2.75) is 19.0 Å². The lowest BCUT2D eigenvalue weighted by molar-refractivity contribution is 0.482. The van der Waals surface area contributed by atoms with Crippen molar-refractivity contribution in [2.75, 3.05) is 23.7 Å². The third-order valence-electron chi connectivity index (χ3n) is 3.87. The fraction of sp³-hybridized carbons (Fsp3) is 0.200. The predicted octanol–water partition coefficient (Wildman–Crippen LogP) is 5.08. The maximum atomic E-state index is 5.55. The van der Waals surface area contributed by atoms with E-state index in [1.807, 2.05) is 60.7 Å². The van der Waals surface area contributed by atoms with Gasteiger partial charge in [0.15, 0.2) is 0 Å². The number of para-hydroxylation sites is 2. The van der Waals surface area contributed by atoms with Gasteiger partial charge in [0.2, 0.25) is 17.1 Å². The van der Waals surface area contributed by atoms with E-state index in [0.717, 1.165) is 28.8 Å². The van der Waals surface area contributed by atoms with E-state index in [4.69, 9.17) is 12.2 Å². The summed E-state index contributed by atoms with van der Waals surface area (Å²) in [6.07, 6.45) is 0. The highest BCUT2D eigenvalue weighted by Crippen LogP contribution is 2.23. The number of thiocarbonyl (C=S) groups is 1. The molecule has 1 aromatic heterocycles. The summed E-state index contributed by atoms with van der Waals surface area (Å²) < 4.78 is 0.743. The molecule has 0 aliphatic rings. The topological polar surface area (TPSA) is 66.0 Å². The zero-order valence-corrected chi connectivity index (χ0v) is 17.4. The number of hydrogen-bond donors (Lipinski definition) is 2. The second-order valence-corrected chi connectivity index (χ2v) is 7.39. The molecule has 0 unspecified atom stereocenters. The first-order valence-electron chi connectivity index (χ1n) is 9.05. The second-order valence-electron chi connectivity index (χ2n) is 5.79. The molecule has 0 radical (unpaired) electrons. The van der Waals surface area contributed by atoms with E-state index in [0.29, 0.717) is 17.1 Å². The van der Waals surface area contributed by atoms with Gasteiger partial charge in [0.05, 0.1) is 0 Å². The number of nitrogens with one attached hydrogen (secondary N) is 2. The van der Waals surface area contributed by atoms with Crippen molar-refractivity contribution in [1.82, 2.24) is 19.9 Å². The van der Waals surface area contributed by atoms with Crippen LogP contribution in [0.5, 0.6) is 0 Å². The van der Waals surface area contributed by atoms with Gasteiger partial charge in [0.1, 0.15) is 4.32 Å². The molecule has 144 valence electrons. The predicted molar refractivity (Wildman–Crippen MR) is 121 cm³/mol. The third-order valence-corrected chi connectivity index (χ3v) is 5.18. The first kappa shape index (κ1) is 20.0. The van der Waals surface area contributed by atoms with E-state index in [2.05, 4.69) is 44.3 Å². The lowest BCUT2D eigenvalue weighted by Gasteiger charge is -2.20. The normalized spacial score (nSPS) is 10.4. The lowest BCUT2D eigenvalue weighted by atomic mass is 10.3. The van der Waals surface area contributed by atoms with Crippen molar-refractivity contribution in [1.29, 1.82) is 0 Å². The third kappa shape index (κ3) is 5.64. The van der Waals surface area contributed by atoms with Gasteiger partial charge in [0, 0.05) is 24.5 Å². The number of hydrogen-bond acceptors (Lipinski definition) is 7. The van der Waals surface area contributed by atoms with Crippen LogP contribution in [-0.4, -0.2) is 37.3 Å². The summed E-state index contributed by atoms with van der Waals surface area (Å²) in [6, 6.07) is 19.6. The Bertz CT molecular complexity index is 841. The van der Waals surface area contributed by atoms with Crippen molar-refractivity contribution >= 4 is 51.6 Å². The molecule has 6 nitrogen and oxygen atoms in total. The molecule has 2 aromatic carbocycles. The Morgan fingerprint density at radius 3 is 1.71 bits per heavy atom. The molecule has 0 amide bonds. The van der Waals surface area contributed by atoms with Crippen LogP contribution in [0.4, 0.5) is 23.3 Å². The van der Waals surface area contributed by atoms with Crippen LogP contribution in [0, 0.1) is 0 Å². The average molecular weight is 411 g/mol. The Balaban J connectivity index is 1.87. The molecule has 2 N–H and O–H groups in total. The number of benzene rings is 2. The molecule has 0 aliphatic heterocycles. The van der Waals surface area contributed by atoms with E-state index in [1.54, 1.807) is 0 Å². The Morgan fingerprint density at radius 2 is 1.29 bits per heavy atom. The molecule has 0 saturated carbocycles. The summed E-state index contributed by atoms with van der Waals surface area (Å²) in [7, 11) is 0. The second kappa shape index (κ2) is 10.0. The maximum absolute atomic E-state index is 5.55. The van der Waals surface area contributed by atoms with Crippen LogP contribution in [0.25, 0.3) is 0 Å². The molecular formula is C20H22N6S2. The standard InChI is InChI=1S/C20H22N6S2/c1-3-26(4-2)20(27)28-19-24-17(21-15-11-7-5-8-12-15)23-18(25-19)22-16-13-9-6-10-14-16/h5-14H,3-4H2,1-2H3,(H2,21,22,23,24,25). The molecule has 0 spiro atoms. The highest BCUT2D eigenvalue weighted by atomic mass is 32.2. The van der Waals surface area contributed by atoms with Crippen LogP contribution in [0.1, 0.15) is 13.8 Å². The van der Waals surface area contributed by atoms with Gasteiger partial charge in [-0.1, -0.05) is 48.6 Å². The molecule has 3 rings (SSSR count). The Morgan fingerprint density at radius 1 is 0.821 bits per heavy atom. The van der Waals surface area contributed by atoms with Crippen LogP contribution in [0.15, 0.2) is 65.8 Å². The number of thioether (sulfide) groups is 1. The molecule has 0 fully saturated rings. The quantitative estimate of drug-likeness (QED) is 0.413. The zero-order valence-electron chi connectivity index (χ0n) is 15.8. The summed E-state index contributed by atoms with van der Waals surface area (Å²) in [5.41, 5.74) is 1.81. The van der Waals surface area contributed by atoms with Gasteiger partial charge < -0.3 is 15.5 Å². The molecule has 1 heterocycles. The van der Waals surface area contributed by atoms with Gasteiger partial charge in [-0.05, 0) is 49.9 Å². The molecule has 0 saturated heterocycles. The fourth-order valence-corrected chi connectivity index (χ4v) is 3.73. The number of aromatic nitrogens is 3. The Kier molecular flexibility index (Phi) is 7.16. The molecule has 0 atom stereocenters. The SMILES string of the molecule is CCN(CC)C(=S)Sc1nc(Nc2ccccc2)nc(Nc2ccccc2)n1. The highest BCUT2D eigenvalue weighted by molar-refractivity contribution is 8.22. The van der Waals surface area contributed by atoms with Crippen LogP contribution >= 0.6 is 24.0 Å². The molecule has 0 aliphatic carbocycles. The summed E-state index contributed by atoms with van der Waals surface area (Å²) in [4.78, 5) is 15.7. The van der Waals surface area contributed by atoms with Crippen molar-refractivity contribution in [3.63, 3.8) is 0 Å². The van der Waals surface area contributed by atoms with Crippen molar-refractivity contribution in [2.24, 2.45) is 0 Å². The minimum absolute atomic E-state index is 0.462. The van der Waals surface area contributed by atoms with E-state index in [1.165, 1.54) is 11.8 Å². The molecule has 28 heavy (non-hydrogen) atoms. The fourth-order valence-electron chi connectivity index (χ4n) is 2.44. The Hall–Kier alpha value is -2.71. The maximum Gasteiger partial charge on any atom is 0.233 e. The van der Waals surface area contributed by atoms with Gasteiger partial charge >= 0.3 is 0 Å². The van der Waals surface area contributed by atoms with Gasteiger partial charge in [-0.2, -0.15) is 15.0 Å². The van der Waals surface area contributed by atoms with Crippen LogP contribution in [-0.2, 0) is 0 Å². The summed E-state index contributed by atoms with van der Waals surface area (Å²) in [5, 5.41) is 7.00. The average Bonchev–Trinajstić information content (AvgIpc) is 2.70. The number of nitrogens with zero attached hydrogens (tertiary/aromatic N) is 4. The Labute approximate surface area is 174 Å². The minimum Gasteiger partial charge on any atom is -0.358 e. The van der Waals surface area contributed by atoms with Gasteiger partial charge in [-0.3, -0.25) is 0 Å². The first-order valence-corrected chi connectivity index (χ1v) is 10.3. The van der Waals surface area contributed by atoms with Crippen LogP contribution < -0.4 is 10.6 Å². The van der Waals surface area contributed by atoms with Gasteiger partial charge in [0.25, 0.3) is 0 Å². The first-order chi connectivity index (χ1) is 13.7. The van der Waals surface area contributed by atoms with E-state index >= 15 is 0 Å². The smallest absolute Gasteiger partial charge is 0.233 e. The monoisotopic (exact) mass is 410 g/mol. The van der Waals surface area contributed by atoms with Crippen molar-refractivity contribution in [3.05, 3.63) is 60.7 Å². The molecule has 0 bridgehead atoms. The van der Waals surface area contributed by atoms with E-state index in [9.17, 15) is 0 Å². The largest absolute Gasteiger partial charge is 0.358 e. The van der Waals surface area contributed by atoms with Crippen molar-refractivity contribution < 1.29 is 0 Å². The summed E-state index contributed by atoms with van der Waals surface area (Å²) >= 11 is 6.91. The molecule has 8 heteroatoms. The summed E-state index contributed by atoms with van der Waals surface area (Å²) in [6.45, 7) is 5.85. The van der Waals surface area contributed by atoms with E-state index < -0.39 is 0 Å². The number of anilines is 4. The minimum atomic E-state index is 0.462. The van der Waals surface area contributed by atoms with Crippen molar-refractivity contribution in [3.8, 4) is 0 Å². The van der Waals surface area contributed by atoms with Crippen LogP contribution in [0.3, 0.4) is 0 Å². The lowest BCUT2D eigenvalue weighted by Crippen LogP contribution is -2.26. The van der Waals surface area contributed by atoms with E-state index in [-0.39, 0.29) is 0 Å². The zero-order chi connectivity index (χ0) is 19.8. The highest BCUT2D eigenvalue weighted by Gasteiger charge is 2.13. The summed E-state index contributed by atoms with van der Waals surface area (Å²) in [5.74, 6) is 0.925. The van der Waals surface area contributed by atoms with Crippen LogP contribution in [0.2, 0.25) is 0 Å². The van der Waals surface area contributed by atoms with Gasteiger partial charge in [-0.15, -0.1) is 0 Å².